The second kappa shape index (κ2) is 5.66. The molecule has 0 aromatic rings. The average Bonchev–Trinajstić information content (AvgIpc) is 2.58. The largest absolute Gasteiger partial charge is 0.353 e. The summed E-state index contributed by atoms with van der Waals surface area (Å²) in [6.07, 6.45) is 1.29. The highest BCUT2D eigenvalue weighted by atomic mass is 32.2. The fourth-order valence-corrected chi connectivity index (χ4v) is 2.96. The zero-order valence-electron chi connectivity index (χ0n) is 10.8. The van der Waals surface area contributed by atoms with Gasteiger partial charge in [0.15, 0.2) is 0 Å². The molecule has 1 unspecified atom stereocenters. The number of hydrogen-bond acceptors (Lipinski definition) is 5. The van der Waals surface area contributed by atoms with Crippen LogP contribution in [0.4, 0.5) is 0 Å². The number of carbonyl (C=O) groups is 2. The molecule has 1 rings (SSSR count). The predicted octanol–water partition coefficient (Wildman–Crippen LogP) is -1.39. The van der Waals surface area contributed by atoms with Gasteiger partial charge in [0, 0.05) is 19.5 Å². The average molecular weight is 277 g/mol. The molecule has 2 amide bonds. The number of likely N-dealkylation sites (N-methyl/N-ethyl adjacent to an activating group) is 1. The van der Waals surface area contributed by atoms with E-state index in [1.54, 1.807) is 0 Å². The summed E-state index contributed by atoms with van der Waals surface area (Å²) in [5, 5.41) is 2.64. The van der Waals surface area contributed by atoms with Crippen molar-refractivity contribution in [3.8, 4) is 0 Å². The molecule has 1 saturated heterocycles. The fraction of sp³-hybridized carbons (Fsp3) is 0.800. The van der Waals surface area contributed by atoms with Crippen LogP contribution in [-0.2, 0) is 19.6 Å². The van der Waals surface area contributed by atoms with E-state index >= 15 is 0 Å². The molecule has 1 heterocycles. The lowest BCUT2D eigenvalue weighted by molar-refractivity contribution is -0.130. The summed E-state index contributed by atoms with van der Waals surface area (Å²) < 4.78 is 23.6. The van der Waals surface area contributed by atoms with Gasteiger partial charge in [0.2, 0.25) is 21.8 Å². The quantitative estimate of drug-likeness (QED) is 0.669. The lowest BCUT2D eigenvalue weighted by Gasteiger charge is -2.22. The highest BCUT2D eigenvalue weighted by Gasteiger charge is 2.41. The molecular weight excluding hydrogens is 258 g/mol. The van der Waals surface area contributed by atoms with E-state index in [9.17, 15) is 18.0 Å². The van der Waals surface area contributed by atoms with E-state index in [1.807, 2.05) is 19.0 Å². The third kappa shape index (κ3) is 3.67. The molecule has 0 aliphatic carbocycles. The highest BCUT2D eigenvalue weighted by Crippen LogP contribution is 2.21. The van der Waals surface area contributed by atoms with E-state index in [1.165, 1.54) is 0 Å². The van der Waals surface area contributed by atoms with Crippen molar-refractivity contribution in [1.29, 1.82) is 0 Å². The Balaban J connectivity index is 2.65. The van der Waals surface area contributed by atoms with Crippen LogP contribution in [0.3, 0.4) is 0 Å². The zero-order valence-corrected chi connectivity index (χ0v) is 11.7. The number of hydrogen-bond donors (Lipinski definition) is 1. The molecule has 0 aromatic carbocycles. The van der Waals surface area contributed by atoms with E-state index in [4.69, 9.17) is 0 Å². The van der Waals surface area contributed by atoms with E-state index in [0.29, 0.717) is 17.4 Å². The molecule has 0 bridgehead atoms. The summed E-state index contributed by atoms with van der Waals surface area (Å²) in [4.78, 5) is 25.2. The van der Waals surface area contributed by atoms with Crippen LogP contribution in [0, 0.1) is 0 Å². The molecule has 104 valence electrons. The minimum absolute atomic E-state index is 0.0961. The lowest BCUT2D eigenvalue weighted by Crippen LogP contribution is -2.48. The molecule has 1 N–H and O–H groups in total. The molecule has 0 saturated carbocycles. The van der Waals surface area contributed by atoms with Crippen molar-refractivity contribution in [2.75, 3.05) is 33.4 Å². The van der Waals surface area contributed by atoms with Crippen LogP contribution in [0.1, 0.15) is 12.8 Å². The molecule has 1 atom stereocenters. The Labute approximate surface area is 107 Å². The molecule has 0 aromatic heterocycles. The van der Waals surface area contributed by atoms with Crippen LogP contribution in [0.15, 0.2) is 0 Å². The Kier molecular flexibility index (Phi) is 4.69. The summed E-state index contributed by atoms with van der Waals surface area (Å²) in [5.41, 5.74) is 0. The number of sulfonamides is 1. The van der Waals surface area contributed by atoms with Crippen molar-refractivity contribution in [1.82, 2.24) is 14.5 Å². The zero-order chi connectivity index (χ0) is 13.9. The number of amides is 2. The molecule has 1 fully saturated rings. The Hall–Kier alpha value is -1.15. The Bertz CT molecular complexity index is 432. The van der Waals surface area contributed by atoms with Crippen LogP contribution in [-0.4, -0.2) is 68.9 Å². The summed E-state index contributed by atoms with van der Waals surface area (Å²) >= 11 is 0. The minimum atomic E-state index is -3.67. The maximum Gasteiger partial charge on any atom is 0.244 e. The Morgan fingerprint density at radius 3 is 2.61 bits per heavy atom. The molecule has 1 aliphatic heterocycles. The third-order valence-corrected chi connectivity index (χ3v) is 3.85. The molecule has 0 spiro atoms. The van der Waals surface area contributed by atoms with Gasteiger partial charge in [0.1, 0.15) is 6.04 Å². The van der Waals surface area contributed by atoms with Crippen LogP contribution in [0.5, 0.6) is 0 Å². The van der Waals surface area contributed by atoms with Gasteiger partial charge >= 0.3 is 0 Å². The van der Waals surface area contributed by atoms with E-state index < -0.39 is 27.9 Å². The molecule has 1 aliphatic rings. The maximum absolute atomic E-state index is 11.8. The van der Waals surface area contributed by atoms with Gasteiger partial charge in [0.25, 0.3) is 0 Å². The standard InChI is InChI=1S/C10H19N3O4S/c1-12(2)7-6-11-10(15)8-4-5-9(14)13(8)18(3,16)17/h8H,4-7H2,1-3H3,(H,11,15). The molecule has 18 heavy (non-hydrogen) atoms. The van der Waals surface area contributed by atoms with Gasteiger partial charge in [-0.3, -0.25) is 9.59 Å². The SMILES string of the molecule is CN(C)CCNC(=O)C1CCC(=O)N1S(C)(=O)=O. The van der Waals surface area contributed by atoms with Crippen molar-refractivity contribution >= 4 is 21.8 Å². The molecule has 0 radical (unpaired) electrons. The molecule has 7 nitrogen and oxygen atoms in total. The summed E-state index contributed by atoms with van der Waals surface area (Å²) in [7, 11) is 0.0635. The van der Waals surface area contributed by atoms with Crippen LogP contribution in [0.2, 0.25) is 0 Å². The van der Waals surface area contributed by atoms with Gasteiger partial charge in [-0.2, -0.15) is 0 Å². The first kappa shape index (κ1) is 14.9. The smallest absolute Gasteiger partial charge is 0.244 e. The van der Waals surface area contributed by atoms with Crippen molar-refractivity contribution < 1.29 is 18.0 Å². The van der Waals surface area contributed by atoms with Gasteiger partial charge in [0.05, 0.1) is 6.26 Å². The van der Waals surface area contributed by atoms with Crippen molar-refractivity contribution in [3.63, 3.8) is 0 Å². The first-order valence-electron chi connectivity index (χ1n) is 5.68. The molecular formula is C10H19N3O4S. The van der Waals surface area contributed by atoms with Crippen LogP contribution < -0.4 is 5.32 Å². The van der Waals surface area contributed by atoms with E-state index in [0.717, 1.165) is 6.26 Å². The fourth-order valence-electron chi connectivity index (χ4n) is 1.84. The molecule has 8 heteroatoms. The number of nitrogens with zero attached hydrogens (tertiary/aromatic N) is 2. The summed E-state index contributed by atoms with van der Waals surface area (Å²) in [6.45, 7) is 1.08. The monoisotopic (exact) mass is 277 g/mol. The number of nitrogens with one attached hydrogen (secondary N) is 1. The highest BCUT2D eigenvalue weighted by molar-refractivity contribution is 7.89. The minimum Gasteiger partial charge on any atom is -0.353 e. The van der Waals surface area contributed by atoms with Crippen molar-refractivity contribution in [3.05, 3.63) is 0 Å². The summed E-state index contributed by atoms with van der Waals surface area (Å²) in [6, 6.07) is -0.894. The maximum atomic E-state index is 11.8. The van der Waals surface area contributed by atoms with Gasteiger partial charge in [-0.15, -0.1) is 0 Å². The van der Waals surface area contributed by atoms with E-state index in [2.05, 4.69) is 5.32 Å². The lowest BCUT2D eigenvalue weighted by atomic mass is 10.2. The normalized spacial score (nSPS) is 20.6. The van der Waals surface area contributed by atoms with Crippen molar-refractivity contribution in [2.45, 2.75) is 18.9 Å². The van der Waals surface area contributed by atoms with Gasteiger partial charge in [-0.1, -0.05) is 0 Å². The summed E-state index contributed by atoms with van der Waals surface area (Å²) in [5.74, 6) is -0.918. The third-order valence-electron chi connectivity index (χ3n) is 2.68. The van der Waals surface area contributed by atoms with Gasteiger partial charge < -0.3 is 10.2 Å². The van der Waals surface area contributed by atoms with Crippen LogP contribution in [0.25, 0.3) is 0 Å². The van der Waals surface area contributed by atoms with Crippen LogP contribution >= 0.6 is 0 Å². The topological polar surface area (TPSA) is 86.8 Å². The second-order valence-electron chi connectivity index (χ2n) is 4.60. The Morgan fingerprint density at radius 2 is 2.11 bits per heavy atom. The predicted molar refractivity (Wildman–Crippen MR) is 66.3 cm³/mol. The second-order valence-corrected chi connectivity index (χ2v) is 6.46. The van der Waals surface area contributed by atoms with Gasteiger partial charge in [-0.25, -0.2) is 12.7 Å². The first-order valence-corrected chi connectivity index (χ1v) is 7.53. The first-order chi connectivity index (χ1) is 8.23. The van der Waals surface area contributed by atoms with Crippen molar-refractivity contribution in [2.24, 2.45) is 0 Å². The number of rotatable bonds is 5. The Morgan fingerprint density at radius 1 is 1.50 bits per heavy atom. The number of carbonyl (C=O) groups excluding carboxylic acids is 2. The van der Waals surface area contributed by atoms with E-state index in [-0.39, 0.29) is 12.8 Å². The van der Waals surface area contributed by atoms with Gasteiger partial charge in [-0.05, 0) is 20.5 Å².